The van der Waals surface area contributed by atoms with E-state index in [1.807, 2.05) is 32.1 Å². The number of allylic oxidation sites excluding steroid dienone is 6. The average Bonchev–Trinajstić information content (AvgIpc) is 3.92. The molecule has 10 heteroatoms. The maximum absolute atomic E-state index is 13.5. The molecule has 0 spiro atoms. The van der Waals surface area contributed by atoms with Gasteiger partial charge in [0.1, 0.15) is 5.70 Å². The summed E-state index contributed by atoms with van der Waals surface area (Å²) >= 11 is 0. The predicted molar refractivity (Wildman–Crippen MR) is 223 cm³/mol. The number of nitrogens with zero attached hydrogens (tertiary/aromatic N) is 4. The second-order valence-electron chi connectivity index (χ2n) is 16.2. The van der Waals surface area contributed by atoms with Gasteiger partial charge < -0.3 is 19.9 Å². The Balaban J connectivity index is 0.00000620. The molecule has 5 heterocycles. The maximum Gasteiger partial charge on any atom is 2.00 e. The van der Waals surface area contributed by atoms with Crippen molar-refractivity contribution in [1.29, 1.82) is 0 Å². The van der Waals surface area contributed by atoms with E-state index in [0.29, 0.717) is 46.3 Å². The average molecular weight is 820 g/mol. The van der Waals surface area contributed by atoms with Crippen molar-refractivity contribution in [2.24, 2.45) is 26.8 Å². The molecule has 2 atom stereocenters. The van der Waals surface area contributed by atoms with Gasteiger partial charge in [0.2, 0.25) is 0 Å². The van der Waals surface area contributed by atoms with Crippen molar-refractivity contribution in [3.8, 4) is 0 Å². The number of carbonyl (C=O) groups excluding carboxylic acids is 1. The van der Waals surface area contributed by atoms with Crippen LogP contribution in [0.15, 0.2) is 66.7 Å². The van der Waals surface area contributed by atoms with Crippen LogP contribution >= 0.6 is 0 Å². The van der Waals surface area contributed by atoms with E-state index in [0.717, 1.165) is 76.4 Å². The summed E-state index contributed by atoms with van der Waals surface area (Å²) < 4.78 is 6.15. The number of ether oxygens (including phenoxy) is 1. The Labute approximate surface area is 348 Å². The Kier molecular flexibility index (Phi) is 15.5. The second-order valence-corrected chi connectivity index (χ2v) is 16.2. The number of carboxylic acids is 1. The van der Waals surface area contributed by atoms with Crippen molar-refractivity contribution >= 4 is 46.5 Å². The zero-order chi connectivity index (χ0) is 39.9. The molecule has 0 unspecified atom stereocenters. The van der Waals surface area contributed by atoms with Crippen LogP contribution < -0.4 is 20.7 Å². The number of carboxylic acid groups (broad SMARTS) is 1. The van der Waals surface area contributed by atoms with Gasteiger partial charge in [-0.15, -0.1) is 16.8 Å². The maximum atomic E-state index is 13.5. The van der Waals surface area contributed by atoms with Crippen molar-refractivity contribution in [3.63, 3.8) is 0 Å². The fraction of sp³-hybridized carbons (Fsp3) is 0.553. The van der Waals surface area contributed by atoms with Crippen LogP contribution in [0.1, 0.15) is 161 Å². The van der Waals surface area contributed by atoms with E-state index in [4.69, 9.17) is 24.7 Å². The van der Waals surface area contributed by atoms with Gasteiger partial charge in [0, 0.05) is 41.7 Å². The molecule has 0 amide bonds. The number of hydrogen-bond acceptors (Lipinski definition) is 7. The molecular weight excluding hydrogens is 759 g/mol. The molecule has 57 heavy (non-hydrogen) atoms. The number of unbranched alkanes of at least 4 members (excludes halogenated alkanes) is 12. The minimum atomic E-state index is -0.873. The summed E-state index contributed by atoms with van der Waals surface area (Å²) in [5, 5.41) is 24.5. The summed E-state index contributed by atoms with van der Waals surface area (Å²) in [6, 6.07) is 0. The predicted octanol–water partition coefficient (Wildman–Crippen LogP) is 8.60. The quantitative estimate of drug-likeness (QED) is 0.0844. The SMILES string of the molecule is CCCCCCCCCCCCCCCC(=O)OC1=C(C)C2=NC1=CC1=NC(=Cc3[n-]c4c(c3C)=C([O-])CC=4C3=NC(=C2)[C@@H](C)[C@@H]3CCC(=O)O)C(CC)=C1C.[Ni+2]. The van der Waals surface area contributed by atoms with Gasteiger partial charge in [-0.1, -0.05) is 109 Å². The topological polar surface area (TPSA) is 138 Å². The summed E-state index contributed by atoms with van der Waals surface area (Å²) in [6.45, 7) is 12.3. The van der Waals surface area contributed by atoms with E-state index in [1.54, 1.807) is 0 Å². The number of hydrogen-bond donors (Lipinski definition) is 1. The van der Waals surface area contributed by atoms with Gasteiger partial charge in [0.05, 0.1) is 17.1 Å². The van der Waals surface area contributed by atoms with E-state index in [9.17, 15) is 19.8 Å². The van der Waals surface area contributed by atoms with Gasteiger partial charge in [0.25, 0.3) is 0 Å². The largest absolute Gasteiger partial charge is 2.00 e. The molecule has 5 aliphatic rings. The van der Waals surface area contributed by atoms with Gasteiger partial charge in [-0.25, -0.2) is 9.98 Å². The number of fused-ring (bicyclic) bond motifs is 5. The standard InChI is InChI=1S/C47H62N4O5.Ni/c1-7-9-10-11-12-13-14-15-16-17-18-19-20-21-43(55)56-47-31(6)38-25-36-29(4)33(22-23-42(53)54)45(50-36)34-24-41(52)44-30(5)37(51-46(34)44)26-39-32(8-2)28(3)35(48-39)27-40(47)49-38;/h25-27,29,33H,7-24H2,1-6H3,(H3,48,49,50,51,52,53,54);/q;+2/p-2/t29-,33-;/m0./s1. The van der Waals surface area contributed by atoms with Crippen molar-refractivity contribution in [2.45, 2.75) is 157 Å². The van der Waals surface area contributed by atoms with E-state index in [1.165, 1.54) is 64.2 Å². The number of rotatable bonds is 19. The molecule has 0 saturated heterocycles. The van der Waals surface area contributed by atoms with E-state index in [2.05, 4.69) is 27.7 Å². The summed E-state index contributed by atoms with van der Waals surface area (Å²) in [7, 11) is 0. The Morgan fingerprint density at radius 2 is 1.44 bits per heavy atom. The molecule has 1 N–H and O–H groups in total. The van der Waals surface area contributed by atoms with Gasteiger partial charge >= 0.3 is 28.4 Å². The van der Waals surface area contributed by atoms with Crippen molar-refractivity contribution < 1.29 is 41.0 Å². The summed E-state index contributed by atoms with van der Waals surface area (Å²) in [6.07, 6.45) is 23.6. The van der Waals surface area contributed by atoms with Crippen LogP contribution in [-0.2, 0) is 30.8 Å². The van der Waals surface area contributed by atoms with Crippen LogP contribution in [0.2, 0.25) is 0 Å². The van der Waals surface area contributed by atoms with Gasteiger partial charge in [0.15, 0.2) is 5.76 Å². The molecule has 8 bridgehead atoms. The van der Waals surface area contributed by atoms with Crippen LogP contribution in [0.5, 0.6) is 0 Å². The fourth-order valence-corrected chi connectivity index (χ4v) is 8.82. The van der Waals surface area contributed by atoms with E-state index in [-0.39, 0.29) is 52.9 Å². The molecular formula is C47H60N4NiO5. The normalized spacial score (nSPS) is 19.7. The zero-order valence-electron chi connectivity index (χ0n) is 34.8. The van der Waals surface area contributed by atoms with Crippen LogP contribution in [-0.4, -0.2) is 34.2 Å². The van der Waals surface area contributed by atoms with Crippen LogP contribution in [0.3, 0.4) is 0 Å². The van der Waals surface area contributed by atoms with Gasteiger partial charge in [-0.05, 0) is 80.5 Å². The Hall–Kier alpha value is -4.04. The first kappa shape index (κ1) is 44.1. The first-order chi connectivity index (χ1) is 27.0. The molecule has 1 aromatic heterocycles. The summed E-state index contributed by atoms with van der Waals surface area (Å²) in [5.74, 6) is -1.05. The third-order valence-electron chi connectivity index (χ3n) is 12.3. The fourth-order valence-electron chi connectivity index (χ4n) is 8.82. The Bertz CT molecular complexity index is 2120. The van der Waals surface area contributed by atoms with Crippen LogP contribution in [0, 0.1) is 18.8 Å². The minimum absolute atomic E-state index is 0. The molecule has 1 aromatic rings. The van der Waals surface area contributed by atoms with Gasteiger partial charge in [-0.3, -0.25) is 14.6 Å². The number of esters is 1. The summed E-state index contributed by atoms with van der Waals surface area (Å²) in [5.41, 5.74) is 9.32. The molecule has 9 nitrogen and oxygen atoms in total. The molecule has 0 saturated carbocycles. The first-order valence-electron chi connectivity index (χ1n) is 21.3. The third kappa shape index (κ3) is 9.99. The molecule has 0 radical (unpaired) electrons. The number of aliphatic carboxylic acids is 1. The summed E-state index contributed by atoms with van der Waals surface area (Å²) in [4.78, 5) is 45.4. The van der Waals surface area contributed by atoms with Crippen molar-refractivity contribution in [2.75, 3.05) is 0 Å². The molecule has 4 aliphatic heterocycles. The van der Waals surface area contributed by atoms with Crippen LogP contribution in [0.25, 0.3) is 17.4 Å². The van der Waals surface area contributed by atoms with E-state index < -0.39 is 5.97 Å². The second kappa shape index (κ2) is 20.1. The smallest absolute Gasteiger partial charge is 0.875 e. The molecule has 0 aromatic carbocycles. The Morgan fingerprint density at radius 3 is 2.07 bits per heavy atom. The van der Waals surface area contributed by atoms with Crippen molar-refractivity contribution in [1.82, 2.24) is 4.98 Å². The molecule has 308 valence electrons. The van der Waals surface area contributed by atoms with E-state index >= 15 is 0 Å². The Morgan fingerprint density at radius 1 is 0.825 bits per heavy atom. The number of aliphatic imine (C=N–C) groups is 3. The number of aromatic nitrogens is 1. The minimum Gasteiger partial charge on any atom is -0.875 e. The third-order valence-corrected chi connectivity index (χ3v) is 12.3. The molecule has 1 aliphatic carbocycles. The van der Waals surface area contributed by atoms with Gasteiger partial charge in [-0.2, -0.15) is 0 Å². The number of carbonyl (C=O) groups is 2. The zero-order valence-corrected chi connectivity index (χ0v) is 35.8. The monoisotopic (exact) mass is 818 g/mol. The van der Waals surface area contributed by atoms with Crippen molar-refractivity contribution in [3.05, 3.63) is 73.5 Å². The first-order valence-corrected chi connectivity index (χ1v) is 21.3. The van der Waals surface area contributed by atoms with Crippen LogP contribution in [0.4, 0.5) is 0 Å². The molecule has 0 fully saturated rings. The molecule has 6 rings (SSSR count).